The molecule has 3 aromatic carbocycles. The van der Waals surface area contributed by atoms with Crippen LogP contribution in [0.25, 0.3) is 0 Å². The minimum absolute atomic E-state index is 0.0494. The number of nitrogens with zero attached hydrogens (tertiary/aromatic N) is 2. The number of hydrogen-bond acceptors (Lipinski definition) is 6. The number of thioether (sulfide) groups is 1. The molecule has 0 heterocycles. The Labute approximate surface area is 248 Å². The summed E-state index contributed by atoms with van der Waals surface area (Å²) in [5.41, 5.74) is 2.10. The molecule has 3 aromatic rings. The molecular formula is C31H39N3O5S2. The first-order chi connectivity index (χ1) is 19.6. The van der Waals surface area contributed by atoms with Crippen LogP contribution in [0.1, 0.15) is 38.3 Å². The minimum Gasteiger partial charge on any atom is -0.492 e. The number of nitrogens with one attached hydrogen (secondary N) is 1. The van der Waals surface area contributed by atoms with E-state index in [1.807, 2.05) is 51.3 Å². The molecule has 0 aliphatic heterocycles. The Kier molecular flexibility index (Phi) is 11.7. The number of amides is 2. The van der Waals surface area contributed by atoms with Crippen molar-refractivity contribution in [2.24, 2.45) is 0 Å². The van der Waals surface area contributed by atoms with E-state index in [4.69, 9.17) is 4.74 Å². The lowest BCUT2D eigenvalue weighted by molar-refractivity contribution is -0.139. The summed E-state index contributed by atoms with van der Waals surface area (Å²) in [6.45, 7) is 7.78. The summed E-state index contributed by atoms with van der Waals surface area (Å²) in [7, 11) is -4.19. The van der Waals surface area contributed by atoms with E-state index in [1.54, 1.807) is 43.3 Å². The second-order valence-electron chi connectivity index (χ2n) is 9.57. The van der Waals surface area contributed by atoms with Crippen LogP contribution in [-0.4, -0.2) is 57.1 Å². The maximum atomic E-state index is 14.1. The van der Waals surface area contributed by atoms with Crippen LogP contribution in [0.4, 0.5) is 5.69 Å². The van der Waals surface area contributed by atoms with E-state index in [2.05, 4.69) is 5.32 Å². The number of carbonyl (C=O) groups is 2. The Balaban J connectivity index is 2.07. The van der Waals surface area contributed by atoms with E-state index in [9.17, 15) is 18.0 Å². The molecule has 0 fully saturated rings. The first kappa shape index (κ1) is 32.0. The van der Waals surface area contributed by atoms with Gasteiger partial charge in [-0.05, 0) is 75.4 Å². The van der Waals surface area contributed by atoms with Crippen molar-refractivity contribution in [2.45, 2.75) is 56.5 Å². The van der Waals surface area contributed by atoms with Gasteiger partial charge in [0.05, 0.1) is 17.2 Å². The lowest BCUT2D eigenvalue weighted by Gasteiger charge is -2.32. The molecule has 0 spiro atoms. The Morgan fingerprint density at radius 1 is 1.00 bits per heavy atom. The zero-order chi connectivity index (χ0) is 30.0. The van der Waals surface area contributed by atoms with E-state index in [0.717, 1.165) is 26.7 Å². The Morgan fingerprint density at radius 3 is 2.34 bits per heavy atom. The van der Waals surface area contributed by atoms with Crippen LogP contribution in [0.2, 0.25) is 0 Å². The van der Waals surface area contributed by atoms with E-state index in [-0.39, 0.29) is 23.0 Å². The number of anilines is 1. The van der Waals surface area contributed by atoms with E-state index >= 15 is 0 Å². The molecule has 0 unspecified atom stereocenters. The van der Waals surface area contributed by atoms with Gasteiger partial charge in [-0.1, -0.05) is 48.9 Å². The quantitative estimate of drug-likeness (QED) is 0.255. The second kappa shape index (κ2) is 14.9. The monoisotopic (exact) mass is 597 g/mol. The number of para-hydroxylation sites is 2. The summed E-state index contributed by atoms with van der Waals surface area (Å²) in [5.74, 6) is -0.475. The maximum absolute atomic E-state index is 14.1. The van der Waals surface area contributed by atoms with E-state index < -0.39 is 28.5 Å². The molecule has 1 N–H and O–H groups in total. The molecule has 220 valence electrons. The van der Waals surface area contributed by atoms with Crippen LogP contribution in [-0.2, 0) is 26.2 Å². The van der Waals surface area contributed by atoms with Gasteiger partial charge in [-0.2, -0.15) is 0 Å². The number of benzene rings is 3. The highest BCUT2D eigenvalue weighted by Gasteiger charge is 2.33. The van der Waals surface area contributed by atoms with Crippen molar-refractivity contribution >= 4 is 39.3 Å². The topological polar surface area (TPSA) is 96.0 Å². The fourth-order valence-electron chi connectivity index (χ4n) is 4.31. The summed E-state index contributed by atoms with van der Waals surface area (Å²) < 4.78 is 35.1. The van der Waals surface area contributed by atoms with Gasteiger partial charge in [0.15, 0.2) is 0 Å². The number of carbonyl (C=O) groups excluding carboxylic acids is 2. The summed E-state index contributed by atoms with van der Waals surface area (Å²) in [5, 5.41) is 2.86. The summed E-state index contributed by atoms with van der Waals surface area (Å²) in [6, 6.07) is 20.1. The highest BCUT2D eigenvalue weighted by atomic mass is 32.2. The number of aryl methyl sites for hydroxylation is 1. The predicted molar refractivity (Wildman–Crippen MR) is 165 cm³/mol. The van der Waals surface area contributed by atoms with Crippen molar-refractivity contribution in [2.75, 3.05) is 30.3 Å². The van der Waals surface area contributed by atoms with Crippen molar-refractivity contribution in [3.8, 4) is 5.75 Å². The van der Waals surface area contributed by atoms with Crippen LogP contribution in [0.5, 0.6) is 5.75 Å². The average Bonchev–Trinajstić information content (AvgIpc) is 2.97. The standard InChI is InChI=1S/C31H39N3O5S2/c1-6-19-32-31(36)24(4)33(21-25-12-10-11-23(3)20-25)30(35)22-34(28-13-8-9-14-29(28)39-7-2)41(37,38)27-17-15-26(40-5)16-18-27/h8-18,20,24H,6-7,19,21-22H2,1-5H3,(H,32,36)/t24-/m0/s1. The molecule has 0 saturated heterocycles. The lowest BCUT2D eigenvalue weighted by Crippen LogP contribution is -2.51. The van der Waals surface area contributed by atoms with Crippen LogP contribution in [0.15, 0.2) is 82.6 Å². The third-order valence-corrected chi connectivity index (χ3v) is 9.03. The first-order valence-electron chi connectivity index (χ1n) is 13.6. The molecule has 41 heavy (non-hydrogen) atoms. The molecule has 0 aliphatic carbocycles. The molecule has 2 amide bonds. The van der Waals surface area contributed by atoms with Crippen LogP contribution >= 0.6 is 11.8 Å². The largest absolute Gasteiger partial charge is 0.492 e. The molecule has 3 rings (SSSR count). The second-order valence-corrected chi connectivity index (χ2v) is 12.3. The molecule has 0 bridgehead atoms. The SMILES string of the molecule is CCCNC(=O)[C@H](C)N(Cc1cccc(C)c1)C(=O)CN(c1ccccc1OCC)S(=O)(=O)c1ccc(SC)cc1. The average molecular weight is 598 g/mol. The maximum Gasteiger partial charge on any atom is 0.264 e. The summed E-state index contributed by atoms with van der Waals surface area (Å²) >= 11 is 1.50. The Morgan fingerprint density at radius 2 is 1.71 bits per heavy atom. The van der Waals surface area contributed by atoms with Crippen LogP contribution in [0.3, 0.4) is 0 Å². The third kappa shape index (κ3) is 8.27. The zero-order valence-electron chi connectivity index (χ0n) is 24.3. The number of hydrogen-bond donors (Lipinski definition) is 1. The van der Waals surface area contributed by atoms with Gasteiger partial charge >= 0.3 is 0 Å². The molecular weight excluding hydrogens is 558 g/mol. The normalized spacial score (nSPS) is 11.9. The number of ether oxygens (including phenoxy) is 1. The van der Waals surface area contributed by atoms with Gasteiger partial charge in [-0.15, -0.1) is 11.8 Å². The fourth-order valence-corrected chi connectivity index (χ4v) is 6.15. The molecule has 8 nitrogen and oxygen atoms in total. The summed E-state index contributed by atoms with van der Waals surface area (Å²) in [6.07, 6.45) is 2.66. The van der Waals surface area contributed by atoms with Crippen molar-refractivity contribution in [3.05, 3.63) is 83.9 Å². The van der Waals surface area contributed by atoms with Gasteiger partial charge in [0.2, 0.25) is 11.8 Å². The lowest BCUT2D eigenvalue weighted by atomic mass is 10.1. The van der Waals surface area contributed by atoms with Crippen molar-refractivity contribution in [1.82, 2.24) is 10.2 Å². The minimum atomic E-state index is -4.19. The first-order valence-corrected chi connectivity index (χ1v) is 16.3. The van der Waals surface area contributed by atoms with Gasteiger partial charge in [-0.25, -0.2) is 8.42 Å². The van der Waals surface area contributed by atoms with Crippen molar-refractivity contribution in [3.63, 3.8) is 0 Å². The molecule has 1 atom stereocenters. The van der Waals surface area contributed by atoms with Crippen molar-refractivity contribution < 1.29 is 22.7 Å². The number of sulfonamides is 1. The zero-order valence-corrected chi connectivity index (χ0v) is 25.9. The van der Waals surface area contributed by atoms with Gasteiger partial charge in [0.1, 0.15) is 18.3 Å². The van der Waals surface area contributed by atoms with Gasteiger partial charge in [0.25, 0.3) is 10.0 Å². The van der Waals surface area contributed by atoms with Crippen molar-refractivity contribution in [1.29, 1.82) is 0 Å². The molecule has 0 aliphatic rings. The molecule has 0 aromatic heterocycles. The van der Waals surface area contributed by atoms with Gasteiger partial charge in [-0.3, -0.25) is 13.9 Å². The molecule has 10 heteroatoms. The molecule has 0 saturated carbocycles. The smallest absolute Gasteiger partial charge is 0.264 e. The third-order valence-electron chi connectivity index (χ3n) is 6.51. The fraction of sp³-hybridized carbons (Fsp3) is 0.355. The van der Waals surface area contributed by atoms with E-state index in [0.29, 0.717) is 18.9 Å². The predicted octanol–water partition coefficient (Wildman–Crippen LogP) is 5.25. The highest BCUT2D eigenvalue weighted by molar-refractivity contribution is 7.98. The van der Waals surface area contributed by atoms with E-state index in [1.165, 1.54) is 28.8 Å². The van der Waals surface area contributed by atoms with Gasteiger partial charge < -0.3 is 15.0 Å². The Hall–Kier alpha value is -3.50. The van der Waals surface area contributed by atoms with Crippen LogP contribution < -0.4 is 14.4 Å². The highest BCUT2D eigenvalue weighted by Crippen LogP contribution is 2.33. The number of rotatable bonds is 14. The Bertz CT molecular complexity index is 1430. The molecule has 0 radical (unpaired) electrons. The summed E-state index contributed by atoms with van der Waals surface area (Å²) in [4.78, 5) is 29.5. The van der Waals surface area contributed by atoms with Crippen LogP contribution in [0, 0.1) is 6.92 Å². The van der Waals surface area contributed by atoms with Gasteiger partial charge in [0, 0.05) is 18.0 Å².